The molecule has 0 saturated heterocycles. The largest absolute Gasteiger partial charge is 0.325 e. The number of sulfonamides is 1. The maximum absolute atomic E-state index is 13.1. The number of fused-ring (bicyclic) bond motifs is 1. The Morgan fingerprint density at radius 2 is 1.70 bits per heavy atom. The lowest BCUT2D eigenvalue weighted by atomic mass is 10.0. The summed E-state index contributed by atoms with van der Waals surface area (Å²) in [6, 6.07) is 10.1. The van der Waals surface area contributed by atoms with Gasteiger partial charge in [0.05, 0.1) is 4.90 Å². The van der Waals surface area contributed by atoms with Gasteiger partial charge in [-0.1, -0.05) is 13.8 Å². The van der Waals surface area contributed by atoms with Gasteiger partial charge in [-0.15, -0.1) is 0 Å². The number of anilines is 2. The molecule has 2 amide bonds. The van der Waals surface area contributed by atoms with E-state index in [0.717, 1.165) is 5.56 Å². The molecule has 1 unspecified atom stereocenters. The highest BCUT2D eigenvalue weighted by atomic mass is 32.2. The molecule has 2 aromatic rings. The zero-order valence-corrected chi connectivity index (χ0v) is 20.0. The lowest BCUT2D eigenvalue weighted by molar-refractivity contribution is -0.118. The Morgan fingerprint density at radius 3 is 2.27 bits per heavy atom. The minimum atomic E-state index is -3.98. The highest BCUT2D eigenvalue weighted by Gasteiger charge is 2.29. The molecule has 9 heteroatoms. The molecule has 0 aromatic heterocycles. The molecule has 2 N–H and O–H groups in total. The maximum atomic E-state index is 13.1. The van der Waals surface area contributed by atoms with Crippen LogP contribution in [-0.2, 0) is 26.0 Å². The molecule has 0 fully saturated rings. The van der Waals surface area contributed by atoms with Crippen LogP contribution in [0.5, 0.6) is 0 Å². The second-order valence-electron chi connectivity index (χ2n) is 8.64. The van der Waals surface area contributed by atoms with Crippen molar-refractivity contribution in [3.8, 4) is 0 Å². The molecule has 0 aliphatic carbocycles. The van der Waals surface area contributed by atoms with E-state index in [9.17, 15) is 22.8 Å². The Morgan fingerprint density at radius 1 is 1.03 bits per heavy atom. The van der Waals surface area contributed by atoms with E-state index >= 15 is 0 Å². The summed E-state index contributed by atoms with van der Waals surface area (Å²) in [6.45, 7) is 7.26. The van der Waals surface area contributed by atoms with Gasteiger partial charge in [-0.2, -0.15) is 4.72 Å². The van der Waals surface area contributed by atoms with Crippen LogP contribution in [-0.4, -0.2) is 38.6 Å². The number of carbonyl (C=O) groups is 3. The van der Waals surface area contributed by atoms with Crippen molar-refractivity contribution in [2.45, 2.75) is 51.5 Å². The molecule has 33 heavy (non-hydrogen) atoms. The topological polar surface area (TPSA) is 113 Å². The van der Waals surface area contributed by atoms with Gasteiger partial charge in [0.2, 0.25) is 21.8 Å². The van der Waals surface area contributed by atoms with Gasteiger partial charge in [0, 0.05) is 30.4 Å². The Balaban J connectivity index is 1.79. The van der Waals surface area contributed by atoms with Gasteiger partial charge in [-0.25, -0.2) is 8.42 Å². The molecule has 0 bridgehead atoms. The van der Waals surface area contributed by atoms with Gasteiger partial charge < -0.3 is 10.2 Å². The minimum Gasteiger partial charge on any atom is -0.325 e. The number of nitrogens with one attached hydrogen (secondary N) is 2. The fraction of sp³-hybridized carbons (Fsp3) is 0.375. The number of hydrogen-bond donors (Lipinski definition) is 2. The predicted molar refractivity (Wildman–Crippen MR) is 127 cm³/mol. The first kappa shape index (κ1) is 24.6. The number of hydrogen-bond acceptors (Lipinski definition) is 5. The van der Waals surface area contributed by atoms with Crippen LogP contribution in [0.4, 0.5) is 11.4 Å². The highest BCUT2D eigenvalue weighted by Crippen LogP contribution is 2.30. The first-order valence-corrected chi connectivity index (χ1v) is 12.3. The van der Waals surface area contributed by atoms with Crippen molar-refractivity contribution < 1.29 is 22.8 Å². The zero-order valence-electron chi connectivity index (χ0n) is 19.2. The summed E-state index contributed by atoms with van der Waals surface area (Å²) in [7, 11) is -3.98. The lowest BCUT2D eigenvalue weighted by Crippen LogP contribution is -2.44. The van der Waals surface area contributed by atoms with E-state index in [1.165, 1.54) is 19.9 Å². The van der Waals surface area contributed by atoms with E-state index in [2.05, 4.69) is 10.0 Å². The number of ketones is 1. The predicted octanol–water partition coefficient (Wildman–Crippen LogP) is 3.13. The van der Waals surface area contributed by atoms with Crippen LogP contribution in [0.1, 0.15) is 50.0 Å². The van der Waals surface area contributed by atoms with E-state index in [-0.39, 0.29) is 22.5 Å². The van der Waals surface area contributed by atoms with Crippen LogP contribution in [0.3, 0.4) is 0 Å². The molecule has 0 radical (unpaired) electrons. The van der Waals surface area contributed by atoms with Crippen molar-refractivity contribution in [1.29, 1.82) is 0 Å². The molecular formula is C24H29N3O5S. The van der Waals surface area contributed by atoms with Gasteiger partial charge in [-0.05, 0) is 73.7 Å². The van der Waals surface area contributed by atoms with Crippen LogP contribution >= 0.6 is 0 Å². The summed E-state index contributed by atoms with van der Waals surface area (Å²) >= 11 is 0. The Hall–Kier alpha value is -3.04. The van der Waals surface area contributed by atoms with Gasteiger partial charge in [0.15, 0.2) is 5.78 Å². The summed E-state index contributed by atoms with van der Waals surface area (Å²) in [5.74, 6) is -0.592. The van der Waals surface area contributed by atoms with Crippen molar-refractivity contribution in [1.82, 2.24) is 4.72 Å². The molecule has 3 rings (SSSR count). The van der Waals surface area contributed by atoms with Gasteiger partial charge in [0.1, 0.15) is 6.04 Å². The molecular weight excluding hydrogens is 442 g/mol. The molecule has 1 aliphatic heterocycles. The standard InChI is InChI=1S/C24H29N3O5S/c1-15(2)13-22(24(30)25-20-7-5-18(6-8-20)16(3)28)26-33(31,32)21-9-10-23-19(14-21)11-12-27(23)17(4)29/h5-10,14-15,22,26H,11-13H2,1-4H3,(H,25,30). The smallest absolute Gasteiger partial charge is 0.242 e. The Bertz CT molecular complexity index is 1170. The highest BCUT2D eigenvalue weighted by molar-refractivity contribution is 7.89. The van der Waals surface area contributed by atoms with E-state index in [1.807, 2.05) is 13.8 Å². The average Bonchev–Trinajstić information content (AvgIpc) is 3.17. The normalized spacial score (nSPS) is 14.2. The molecule has 2 aromatic carbocycles. The second-order valence-corrected chi connectivity index (χ2v) is 10.4. The number of benzene rings is 2. The van der Waals surface area contributed by atoms with Crippen LogP contribution in [0.25, 0.3) is 0 Å². The summed E-state index contributed by atoms with van der Waals surface area (Å²) in [5, 5.41) is 2.73. The molecule has 1 atom stereocenters. The maximum Gasteiger partial charge on any atom is 0.242 e. The van der Waals surface area contributed by atoms with Crippen LogP contribution in [0.15, 0.2) is 47.4 Å². The van der Waals surface area contributed by atoms with Crippen LogP contribution < -0.4 is 14.9 Å². The monoisotopic (exact) mass is 471 g/mol. The van der Waals surface area contributed by atoms with Gasteiger partial charge >= 0.3 is 0 Å². The third-order valence-electron chi connectivity index (χ3n) is 5.52. The molecule has 0 spiro atoms. The van der Waals surface area contributed by atoms with E-state index < -0.39 is 22.0 Å². The van der Waals surface area contributed by atoms with Crippen molar-refractivity contribution in [3.05, 3.63) is 53.6 Å². The molecule has 176 valence electrons. The molecule has 1 heterocycles. The lowest BCUT2D eigenvalue weighted by Gasteiger charge is -2.21. The number of carbonyl (C=O) groups excluding carboxylic acids is 3. The SMILES string of the molecule is CC(=O)c1ccc(NC(=O)C(CC(C)C)NS(=O)(=O)c2ccc3c(c2)CCN3C(C)=O)cc1. The van der Waals surface area contributed by atoms with Crippen molar-refractivity contribution >= 4 is 39.0 Å². The first-order valence-electron chi connectivity index (χ1n) is 10.8. The van der Waals surface area contributed by atoms with Crippen LogP contribution in [0.2, 0.25) is 0 Å². The third-order valence-corrected chi connectivity index (χ3v) is 6.99. The summed E-state index contributed by atoms with van der Waals surface area (Å²) in [6.07, 6.45) is 0.879. The first-order chi connectivity index (χ1) is 15.5. The Labute approximate surface area is 194 Å². The molecule has 1 aliphatic rings. The fourth-order valence-corrected chi connectivity index (χ4v) is 5.08. The number of nitrogens with zero attached hydrogens (tertiary/aromatic N) is 1. The summed E-state index contributed by atoms with van der Waals surface area (Å²) < 4.78 is 28.8. The number of Topliss-reactive ketones (excluding diaryl/α,β-unsaturated/α-hetero) is 1. The average molecular weight is 472 g/mol. The third kappa shape index (κ3) is 5.85. The van der Waals surface area contributed by atoms with Gasteiger partial charge in [0.25, 0.3) is 0 Å². The van der Waals surface area contributed by atoms with Gasteiger partial charge in [-0.3, -0.25) is 14.4 Å². The number of amides is 2. The minimum absolute atomic E-state index is 0.0546. The van der Waals surface area contributed by atoms with E-state index in [4.69, 9.17) is 0 Å². The number of rotatable bonds is 8. The summed E-state index contributed by atoms with van der Waals surface area (Å²) in [5.41, 5.74) is 2.49. The van der Waals surface area contributed by atoms with Crippen molar-refractivity contribution in [2.24, 2.45) is 5.92 Å². The fourth-order valence-electron chi connectivity index (χ4n) is 3.83. The zero-order chi connectivity index (χ0) is 24.3. The van der Waals surface area contributed by atoms with Crippen LogP contribution in [0, 0.1) is 5.92 Å². The van der Waals surface area contributed by atoms with Crippen molar-refractivity contribution in [3.63, 3.8) is 0 Å². The van der Waals surface area contributed by atoms with E-state index in [1.54, 1.807) is 41.3 Å². The quantitative estimate of drug-likeness (QED) is 0.575. The second kappa shape index (κ2) is 9.84. The molecule has 0 saturated carbocycles. The Kier molecular flexibility index (Phi) is 7.34. The van der Waals surface area contributed by atoms with E-state index in [0.29, 0.717) is 36.3 Å². The summed E-state index contributed by atoms with van der Waals surface area (Å²) in [4.78, 5) is 37.8. The molecule has 8 nitrogen and oxygen atoms in total. The van der Waals surface area contributed by atoms with Crippen molar-refractivity contribution in [2.75, 3.05) is 16.8 Å².